The van der Waals surface area contributed by atoms with E-state index >= 15 is 0 Å². The van der Waals surface area contributed by atoms with Crippen LogP contribution in [-0.4, -0.2) is 10.7 Å². The van der Waals surface area contributed by atoms with Gasteiger partial charge in [0.1, 0.15) is 11.5 Å². The summed E-state index contributed by atoms with van der Waals surface area (Å²) in [5.41, 5.74) is 2.08. The van der Waals surface area contributed by atoms with Gasteiger partial charge in [0.15, 0.2) is 5.78 Å². The molecule has 1 atom stereocenters. The van der Waals surface area contributed by atoms with Crippen LogP contribution in [0.15, 0.2) is 72.0 Å². The van der Waals surface area contributed by atoms with Crippen LogP contribution in [-0.2, 0) is 4.79 Å². The second kappa shape index (κ2) is 6.52. The van der Waals surface area contributed by atoms with Crippen molar-refractivity contribution >= 4 is 22.2 Å². The molecule has 3 aromatic carbocycles. The van der Waals surface area contributed by atoms with Crippen LogP contribution >= 0.6 is 0 Å². The summed E-state index contributed by atoms with van der Waals surface area (Å²) in [4.78, 5) is 24.2. The molecule has 1 aliphatic heterocycles. The predicted molar refractivity (Wildman–Crippen MR) is 115 cm³/mol. The number of non-ortho nitro benzene ring substituents is 1. The number of carbonyl (C=O) groups is 1. The molecule has 5 rings (SSSR count). The quantitative estimate of drug-likeness (QED) is 0.396. The maximum Gasteiger partial charge on any atom is 0.269 e. The summed E-state index contributed by atoms with van der Waals surface area (Å²) in [5.74, 6) is 1.11. The molecule has 30 heavy (non-hydrogen) atoms. The van der Waals surface area contributed by atoms with Gasteiger partial charge in [-0.15, -0.1) is 0 Å². The van der Waals surface area contributed by atoms with Crippen LogP contribution in [0.25, 0.3) is 10.8 Å². The number of nitro benzene ring substituents is 1. The van der Waals surface area contributed by atoms with E-state index < -0.39 is 4.92 Å². The van der Waals surface area contributed by atoms with Crippen LogP contribution in [0, 0.1) is 15.5 Å². The Morgan fingerprint density at radius 3 is 2.63 bits per heavy atom. The van der Waals surface area contributed by atoms with Crippen LogP contribution in [0.3, 0.4) is 0 Å². The van der Waals surface area contributed by atoms with Gasteiger partial charge >= 0.3 is 0 Å². The lowest BCUT2D eigenvalue weighted by Gasteiger charge is -2.38. The zero-order chi connectivity index (χ0) is 21.0. The van der Waals surface area contributed by atoms with E-state index in [1.165, 1.54) is 6.07 Å². The Kier molecular flexibility index (Phi) is 4.03. The third-order valence-electron chi connectivity index (χ3n) is 6.03. The number of fused-ring (bicyclic) bond motifs is 3. The van der Waals surface area contributed by atoms with Crippen LogP contribution in [0.4, 0.5) is 5.69 Å². The number of nitrogens with zero attached hydrogens (tertiary/aromatic N) is 1. The number of carbonyl (C=O) groups excluding carboxylic acids is 1. The number of hydrogen-bond acceptors (Lipinski definition) is 4. The first-order chi connectivity index (χ1) is 14.3. The first kappa shape index (κ1) is 18.6. The number of allylic oxidation sites excluding steroid dienone is 2. The molecule has 0 amide bonds. The van der Waals surface area contributed by atoms with Crippen molar-refractivity contribution in [2.24, 2.45) is 5.41 Å². The zero-order valence-corrected chi connectivity index (χ0v) is 16.8. The molecule has 5 heteroatoms. The van der Waals surface area contributed by atoms with Crippen molar-refractivity contribution in [2.45, 2.75) is 32.6 Å². The van der Waals surface area contributed by atoms with Crippen molar-refractivity contribution in [1.82, 2.24) is 0 Å². The molecule has 0 aromatic heterocycles. The number of rotatable bonds is 2. The fourth-order valence-electron chi connectivity index (χ4n) is 4.73. The van der Waals surface area contributed by atoms with Gasteiger partial charge in [0, 0.05) is 47.4 Å². The molecule has 0 radical (unpaired) electrons. The SMILES string of the molecule is CC1(C)CC(=O)C2=C(C1)Oc1c(ccc3ccccc13)C2c1cccc([N+](=O)[O-])c1. The number of Topliss-reactive ketones (excluding diaryl/α,β-unsaturated/α-hetero) is 1. The third kappa shape index (κ3) is 2.89. The summed E-state index contributed by atoms with van der Waals surface area (Å²) >= 11 is 0. The van der Waals surface area contributed by atoms with Gasteiger partial charge in [-0.05, 0) is 16.4 Å². The van der Waals surface area contributed by atoms with Crippen molar-refractivity contribution in [3.8, 4) is 5.75 Å². The van der Waals surface area contributed by atoms with Gasteiger partial charge in [-0.3, -0.25) is 14.9 Å². The normalized spacial score (nSPS) is 19.8. The van der Waals surface area contributed by atoms with Gasteiger partial charge in [-0.25, -0.2) is 0 Å². The Bertz CT molecular complexity index is 1250. The Labute approximate surface area is 174 Å². The molecule has 5 nitrogen and oxygen atoms in total. The predicted octanol–water partition coefficient (Wildman–Crippen LogP) is 5.92. The number of hydrogen-bond donors (Lipinski definition) is 0. The Balaban J connectivity index is 1.79. The number of nitro groups is 1. The Morgan fingerprint density at radius 2 is 1.83 bits per heavy atom. The lowest BCUT2D eigenvalue weighted by atomic mass is 9.70. The Hall–Kier alpha value is -3.47. The second-order valence-electron chi connectivity index (χ2n) is 8.87. The minimum atomic E-state index is -0.398. The smallest absolute Gasteiger partial charge is 0.269 e. The maximum atomic E-state index is 13.2. The fourth-order valence-corrected chi connectivity index (χ4v) is 4.73. The van der Waals surface area contributed by atoms with E-state index in [1.54, 1.807) is 12.1 Å². The molecule has 1 unspecified atom stereocenters. The van der Waals surface area contributed by atoms with Gasteiger partial charge < -0.3 is 4.74 Å². The highest BCUT2D eigenvalue weighted by molar-refractivity contribution is 6.01. The average molecular weight is 399 g/mol. The van der Waals surface area contributed by atoms with E-state index in [0.717, 1.165) is 27.6 Å². The van der Waals surface area contributed by atoms with Crippen molar-refractivity contribution in [2.75, 3.05) is 0 Å². The van der Waals surface area contributed by atoms with Gasteiger partial charge in [0.25, 0.3) is 5.69 Å². The first-order valence-corrected chi connectivity index (χ1v) is 10.0. The van der Waals surface area contributed by atoms with Crippen molar-refractivity contribution < 1.29 is 14.5 Å². The van der Waals surface area contributed by atoms with Crippen molar-refractivity contribution in [1.29, 1.82) is 0 Å². The maximum absolute atomic E-state index is 13.2. The zero-order valence-electron chi connectivity index (χ0n) is 16.8. The van der Waals surface area contributed by atoms with Crippen molar-refractivity contribution in [3.63, 3.8) is 0 Å². The molecule has 0 spiro atoms. The highest BCUT2D eigenvalue weighted by atomic mass is 16.6. The van der Waals surface area contributed by atoms with Crippen LogP contribution in [0.2, 0.25) is 0 Å². The van der Waals surface area contributed by atoms with Crippen molar-refractivity contribution in [3.05, 3.63) is 93.2 Å². The van der Waals surface area contributed by atoms with Crippen LogP contribution in [0.5, 0.6) is 5.75 Å². The van der Waals surface area contributed by atoms with E-state index in [1.807, 2.05) is 42.5 Å². The average Bonchev–Trinajstić information content (AvgIpc) is 2.71. The summed E-state index contributed by atoms with van der Waals surface area (Å²) in [6, 6.07) is 18.6. The van der Waals surface area contributed by atoms with Crippen LogP contribution in [0.1, 0.15) is 43.7 Å². The van der Waals surface area contributed by atoms with E-state index in [-0.39, 0.29) is 22.8 Å². The lowest BCUT2D eigenvalue weighted by molar-refractivity contribution is -0.384. The summed E-state index contributed by atoms with van der Waals surface area (Å²) in [5, 5.41) is 13.4. The summed E-state index contributed by atoms with van der Waals surface area (Å²) in [7, 11) is 0. The van der Waals surface area contributed by atoms with Crippen LogP contribution < -0.4 is 4.74 Å². The van der Waals surface area contributed by atoms with E-state index in [0.29, 0.717) is 24.2 Å². The molecule has 0 fully saturated rings. The molecular formula is C25H21NO4. The number of ketones is 1. The molecule has 150 valence electrons. The van der Waals surface area contributed by atoms with Gasteiger partial charge in [0.05, 0.1) is 4.92 Å². The largest absolute Gasteiger partial charge is 0.460 e. The summed E-state index contributed by atoms with van der Waals surface area (Å²) < 4.78 is 6.41. The molecule has 0 saturated heterocycles. The molecule has 0 bridgehead atoms. The molecule has 1 heterocycles. The summed E-state index contributed by atoms with van der Waals surface area (Å²) in [6.07, 6.45) is 1.09. The van der Waals surface area contributed by atoms with E-state index in [9.17, 15) is 14.9 Å². The molecule has 2 aliphatic rings. The van der Waals surface area contributed by atoms with E-state index in [2.05, 4.69) is 13.8 Å². The van der Waals surface area contributed by atoms with Gasteiger partial charge in [-0.1, -0.05) is 62.4 Å². The molecular weight excluding hydrogens is 378 g/mol. The monoisotopic (exact) mass is 399 g/mol. The van der Waals surface area contributed by atoms with Gasteiger partial charge in [-0.2, -0.15) is 0 Å². The molecule has 3 aromatic rings. The fraction of sp³-hybridized carbons (Fsp3) is 0.240. The second-order valence-corrected chi connectivity index (χ2v) is 8.87. The topological polar surface area (TPSA) is 69.4 Å². The van der Waals surface area contributed by atoms with E-state index in [4.69, 9.17) is 4.74 Å². The Morgan fingerprint density at radius 1 is 1.03 bits per heavy atom. The standard InChI is InChI=1S/C25H21NO4/c1-25(2)13-20(27)23-21(14-25)30-24-18-9-4-3-6-15(18)10-11-19(24)22(23)16-7-5-8-17(12-16)26(28)29/h3-12,22H,13-14H2,1-2H3. The number of ether oxygens (including phenoxy) is 1. The first-order valence-electron chi connectivity index (χ1n) is 10.0. The lowest BCUT2D eigenvalue weighted by Crippen LogP contribution is -2.33. The summed E-state index contributed by atoms with van der Waals surface area (Å²) in [6.45, 7) is 4.14. The highest BCUT2D eigenvalue weighted by Crippen LogP contribution is 2.51. The minimum Gasteiger partial charge on any atom is -0.460 e. The molecule has 1 aliphatic carbocycles. The van der Waals surface area contributed by atoms with Gasteiger partial charge in [0.2, 0.25) is 0 Å². The minimum absolute atomic E-state index is 0.0204. The third-order valence-corrected chi connectivity index (χ3v) is 6.03. The molecule has 0 saturated carbocycles. The highest BCUT2D eigenvalue weighted by Gasteiger charge is 2.42. The number of benzene rings is 3. The molecule has 0 N–H and O–H groups in total.